The first-order valence-corrected chi connectivity index (χ1v) is 20.2. The molecule has 50 heavy (non-hydrogen) atoms. The van der Waals surface area contributed by atoms with Gasteiger partial charge in [-0.1, -0.05) is 129 Å². The predicted molar refractivity (Wildman–Crippen MR) is 176 cm³/mol. The first-order chi connectivity index (χ1) is 22.6. The van der Waals surface area contributed by atoms with E-state index in [1.807, 2.05) is 0 Å². The van der Waals surface area contributed by atoms with E-state index >= 15 is 0 Å². The van der Waals surface area contributed by atoms with Crippen molar-refractivity contribution in [3.8, 4) is 0 Å². The molecule has 2 N–H and O–H groups in total. The van der Waals surface area contributed by atoms with Crippen molar-refractivity contribution < 1.29 is 124 Å². The third-order valence-electron chi connectivity index (χ3n) is 7.43. The van der Waals surface area contributed by atoms with Crippen LogP contribution in [-0.4, -0.2) is 73.5 Å². The summed E-state index contributed by atoms with van der Waals surface area (Å²) in [4.78, 5) is 43.9. The molecule has 0 aliphatic carbocycles. The Kier molecular flexibility index (Phi) is 40.3. The molecule has 0 bridgehead atoms. The van der Waals surface area contributed by atoms with Gasteiger partial charge < -0.3 is 29.3 Å². The number of rotatable bonds is 30. The van der Waals surface area contributed by atoms with Gasteiger partial charge in [0.2, 0.25) is 0 Å². The molecule has 0 aliphatic heterocycles. The Labute approximate surface area is 344 Å². The van der Waals surface area contributed by atoms with Gasteiger partial charge in [-0.3, -0.25) is 18.7 Å². The Hall–Kier alpha value is -0.300. The monoisotopic (exact) mass is 776 g/mol. The summed E-state index contributed by atoms with van der Waals surface area (Å²) >= 11 is 0. The van der Waals surface area contributed by atoms with Gasteiger partial charge in [-0.25, -0.2) is 0 Å². The number of carbonyl (C=O) groups is 4. The number of carboxylic acids is 2. The summed E-state index contributed by atoms with van der Waals surface area (Å²) in [6.45, 7) is 4.38. The van der Waals surface area contributed by atoms with Gasteiger partial charge in [0.05, 0.1) is 13.2 Å². The van der Waals surface area contributed by atoms with Crippen LogP contribution >= 0.6 is 0 Å². The molecule has 18 heteroatoms. The van der Waals surface area contributed by atoms with Crippen LogP contribution in [0.2, 0.25) is 0 Å². The number of hydrogen-bond donors (Lipinski definition) is 2. The van der Waals surface area contributed by atoms with Gasteiger partial charge in [-0.15, -0.1) is 0 Å². The second kappa shape index (κ2) is 35.7. The normalized spacial score (nSPS) is 12.2. The number of carboxylic acid groups (broad SMARTS) is 2. The van der Waals surface area contributed by atoms with Gasteiger partial charge in [0, 0.05) is 24.8 Å². The molecule has 0 amide bonds. The van der Waals surface area contributed by atoms with E-state index in [2.05, 4.69) is 13.8 Å². The maximum atomic E-state index is 11.5. The minimum atomic E-state index is -4.82. The third kappa shape index (κ3) is 36.1. The fourth-order valence-corrected chi connectivity index (χ4v) is 5.95. The largest absolute Gasteiger partial charge is 1.00 e. The van der Waals surface area contributed by atoms with Gasteiger partial charge >= 0.3 is 71.1 Å². The van der Waals surface area contributed by atoms with Crippen molar-refractivity contribution in [2.24, 2.45) is 0 Å². The van der Waals surface area contributed by atoms with Crippen molar-refractivity contribution in [2.75, 3.05) is 13.2 Å². The summed E-state index contributed by atoms with van der Waals surface area (Å²) < 4.78 is 71.1. The molecule has 284 valence electrons. The summed E-state index contributed by atoms with van der Waals surface area (Å²) in [5, 5.41) is 16.6. The van der Waals surface area contributed by atoms with Crippen molar-refractivity contribution in [3.63, 3.8) is 0 Å². The van der Waals surface area contributed by atoms with Crippen LogP contribution in [0, 0.1) is 0 Å². The molecule has 0 aliphatic rings. The summed E-state index contributed by atoms with van der Waals surface area (Å²) in [6, 6.07) is 0. The van der Waals surface area contributed by atoms with Crippen molar-refractivity contribution in [2.45, 2.75) is 166 Å². The van der Waals surface area contributed by atoms with E-state index in [9.17, 15) is 46.2 Å². The van der Waals surface area contributed by atoms with E-state index in [1.54, 1.807) is 0 Å². The molecular weight excluding hydrogens is 718 g/mol. The maximum Gasteiger partial charge on any atom is 1.00 e. The van der Waals surface area contributed by atoms with Crippen LogP contribution in [0.1, 0.15) is 155 Å². The first kappa shape index (κ1) is 56.4. The molecule has 2 atom stereocenters. The minimum Gasteiger partial charge on any atom is -0.550 e. The second-order valence-corrected chi connectivity index (χ2v) is 15.1. The quantitative estimate of drug-likeness (QED) is 0.0338. The number of hydrogen-bond acceptors (Lipinski definition) is 12. The molecule has 0 fully saturated rings. The molecule has 0 aromatic rings. The zero-order valence-electron chi connectivity index (χ0n) is 30.7. The van der Waals surface area contributed by atoms with E-state index in [4.69, 9.17) is 18.6 Å². The van der Waals surface area contributed by atoms with E-state index < -0.39 is 67.5 Å². The van der Waals surface area contributed by atoms with Gasteiger partial charge in [0.1, 0.15) is 0 Å². The third-order valence-corrected chi connectivity index (χ3v) is 9.59. The standard InChI is InChI=1S/2C16H30O7S.2Na/c2*1-2-3-4-5-6-7-8-9-10-11-12-23-16(19)14(13-15(17)18)24(20,21)22;;/h2*14H,2-13H2,1H3,(H,17,18)(H,20,21,22);;/q;;2*+1/p-2. The van der Waals surface area contributed by atoms with E-state index in [1.165, 1.54) is 77.0 Å². The molecule has 14 nitrogen and oxygen atoms in total. The zero-order chi connectivity index (χ0) is 36.8. The number of aliphatic carboxylic acids is 2. The molecule has 0 saturated carbocycles. The smallest absolute Gasteiger partial charge is 0.550 e. The number of carbonyl (C=O) groups excluding carboxylic acids is 4. The van der Waals surface area contributed by atoms with Crippen molar-refractivity contribution in [3.05, 3.63) is 0 Å². The van der Waals surface area contributed by atoms with Gasteiger partial charge in [-0.05, 0) is 12.8 Å². The Morgan fingerprint density at radius 1 is 0.480 bits per heavy atom. The van der Waals surface area contributed by atoms with Crippen molar-refractivity contribution >= 4 is 44.1 Å². The molecule has 2 unspecified atom stereocenters. The van der Waals surface area contributed by atoms with E-state index in [-0.39, 0.29) is 72.3 Å². The average Bonchev–Trinajstić information content (AvgIpc) is 2.99. The summed E-state index contributed by atoms with van der Waals surface area (Å²) in [5.41, 5.74) is 0. The number of esters is 2. The molecule has 0 heterocycles. The number of unbranched alkanes of at least 4 members (excludes halogenated alkanes) is 18. The maximum absolute atomic E-state index is 11.5. The van der Waals surface area contributed by atoms with Crippen molar-refractivity contribution in [1.29, 1.82) is 0 Å². The molecule has 0 rings (SSSR count). The fraction of sp³-hybridized carbons (Fsp3) is 0.875. The summed E-state index contributed by atoms with van der Waals surface area (Å²) in [6.07, 6.45) is 19.8. The van der Waals surface area contributed by atoms with Crippen LogP contribution in [0.15, 0.2) is 0 Å². The van der Waals surface area contributed by atoms with Crippen LogP contribution in [0.4, 0.5) is 0 Å². The Balaban J connectivity index is -0.000000407. The van der Waals surface area contributed by atoms with E-state index in [0.29, 0.717) is 12.8 Å². The fourth-order valence-electron chi connectivity index (χ4n) is 4.63. The first-order valence-electron chi connectivity index (χ1n) is 17.2. The SMILES string of the molecule is CCCCCCCCCCCCOC(=O)C(CC(=O)[O-])S(=O)(=O)O.CCCCCCCCCCCCOC(=O)C(CC(=O)[O-])S(=O)(=O)O.[Na+].[Na+]. The van der Waals surface area contributed by atoms with Crippen LogP contribution in [-0.2, 0) is 48.9 Å². The average molecular weight is 777 g/mol. The van der Waals surface area contributed by atoms with Crippen LogP contribution in [0.25, 0.3) is 0 Å². The molecule has 0 spiro atoms. The molecular formula is C32H58Na2O14S2. The minimum absolute atomic E-state index is 0. The topological polar surface area (TPSA) is 242 Å². The molecule has 0 radical (unpaired) electrons. The van der Waals surface area contributed by atoms with Gasteiger partial charge in [-0.2, -0.15) is 16.8 Å². The molecule has 0 saturated heterocycles. The number of ether oxygens (including phenoxy) is 2. The molecule has 0 aromatic carbocycles. The summed E-state index contributed by atoms with van der Waals surface area (Å²) in [7, 11) is -9.64. The van der Waals surface area contributed by atoms with Crippen LogP contribution in [0.3, 0.4) is 0 Å². The van der Waals surface area contributed by atoms with Gasteiger partial charge in [0.15, 0.2) is 10.5 Å². The van der Waals surface area contributed by atoms with Crippen LogP contribution in [0.5, 0.6) is 0 Å². The predicted octanol–water partition coefficient (Wildman–Crippen LogP) is -2.30. The summed E-state index contributed by atoms with van der Waals surface area (Å²) in [5.74, 6) is -5.99. The van der Waals surface area contributed by atoms with E-state index in [0.717, 1.165) is 38.5 Å². The van der Waals surface area contributed by atoms with Gasteiger partial charge in [0.25, 0.3) is 20.2 Å². The zero-order valence-corrected chi connectivity index (χ0v) is 36.4. The Morgan fingerprint density at radius 2 is 0.700 bits per heavy atom. The van der Waals surface area contributed by atoms with Crippen molar-refractivity contribution in [1.82, 2.24) is 0 Å². The second-order valence-electron chi connectivity index (χ2n) is 11.9. The van der Waals surface area contributed by atoms with Crippen LogP contribution < -0.4 is 69.3 Å². The molecule has 0 aromatic heterocycles. The Morgan fingerprint density at radius 3 is 0.900 bits per heavy atom. The Bertz CT molecular complexity index is 1020.